The van der Waals surface area contributed by atoms with E-state index in [9.17, 15) is 0 Å². The number of aromatic hydroxyl groups is 2. The van der Waals surface area contributed by atoms with Crippen molar-refractivity contribution in [3.63, 3.8) is 0 Å². The van der Waals surface area contributed by atoms with E-state index in [0.717, 1.165) is 0 Å². The van der Waals surface area contributed by atoms with Gasteiger partial charge in [0, 0.05) is 0 Å². The van der Waals surface area contributed by atoms with E-state index < -0.39 is 0 Å². The fourth-order valence-corrected chi connectivity index (χ4v) is 1.31. The molecule has 2 nitrogen and oxygen atoms in total. The van der Waals surface area contributed by atoms with Crippen LogP contribution in [-0.2, 0) is 0 Å². The van der Waals surface area contributed by atoms with Crippen molar-refractivity contribution < 1.29 is 10.2 Å². The molecule has 0 heterocycles. The summed E-state index contributed by atoms with van der Waals surface area (Å²) in [6.45, 7) is 0. The van der Waals surface area contributed by atoms with E-state index in [1.54, 1.807) is 42.5 Å². The minimum Gasteiger partial charge on any atom is -0.508 e. The molecule has 2 aromatic carbocycles. The minimum atomic E-state index is -0.0548. The summed E-state index contributed by atoms with van der Waals surface area (Å²) in [5, 5.41) is 18.1. The first-order chi connectivity index (χ1) is 7.61. The molecule has 0 amide bonds. The van der Waals surface area contributed by atoms with Gasteiger partial charge < -0.3 is 10.2 Å². The molecule has 0 bridgehead atoms. The first-order valence-electron chi connectivity index (χ1n) is 4.48. The Hall–Kier alpha value is -1.38. The lowest BCUT2D eigenvalue weighted by atomic mass is 10.3. The monoisotopic (exact) mass is 256 g/mol. The van der Waals surface area contributed by atoms with Crippen LogP contribution in [0.1, 0.15) is 0 Å². The van der Waals surface area contributed by atoms with Gasteiger partial charge in [-0.2, -0.15) is 0 Å². The van der Waals surface area contributed by atoms with Gasteiger partial charge in [-0.05, 0) is 24.3 Å². The van der Waals surface area contributed by atoms with Crippen LogP contribution >= 0.6 is 23.2 Å². The summed E-state index contributed by atoms with van der Waals surface area (Å²) in [6.07, 6.45) is 0. The summed E-state index contributed by atoms with van der Waals surface area (Å²) in [5.41, 5.74) is 0. The maximum Gasteiger partial charge on any atom is 0.152 e. The summed E-state index contributed by atoms with van der Waals surface area (Å²) in [4.78, 5) is 0. The molecule has 0 saturated carbocycles. The number of hydrogen-bond donors (Lipinski definition) is 2. The molecule has 16 heavy (non-hydrogen) atoms. The van der Waals surface area contributed by atoms with Gasteiger partial charge in [-0.15, -0.1) is 0 Å². The predicted molar refractivity (Wildman–Crippen MR) is 66.2 cm³/mol. The first kappa shape index (κ1) is 12.7. The van der Waals surface area contributed by atoms with Gasteiger partial charge in [0.25, 0.3) is 0 Å². The highest BCUT2D eigenvalue weighted by Gasteiger charge is 1.99. The van der Waals surface area contributed by atoms with E-state index in [1.807, 2.05) is 6.07 Å². The lowest BCUT2D eigenvalue weighted by Gasteiger charge is -1.95. The number of rotatable bonds is 0. The van der Waals surface area contributed by atoms with Crippen molar-refractivity contribution in [2.24, 2.45) is 0 Å². The fraction of sp³-hybridized carbons (Fsp3) is 0. The number of phenolic OH excluding ortho intramolecular Hbond substituents is 2. The third-order valence-electron chi connectivity index (χ3n) is 1.69. The average Bonchev–Trinajstić information content (AvgIpc) is 2.28. The molecule has 2 aromatic rings. The molecule has 84 valence electrons. The van der Waals surface area contributed by atoms with Crippen LogP contribution in [0.5, 0.6) is 11.5 Å². The zero-order valence-corrected chi connectivity index (χ0v) is 9.78. The molecule has 0 spiro atoms. The Morgan fingerprint density at radius 2 is 1.19 bits per heavy atom. The van der Waals surface area contributed by atoms with Crippen LogP contribution < -0.4 is 0 Å². The van der Waals surface area contributed by atoms with Crippen molar-refractivity contribution in [3.05, 3.63) is 58.6 Å². The summed E-state index contributed by atoms with van der Waals surface area (Å²) in [7, 11) is 0. The lowest BCUT2D eigenvalue weighted by Crippen LogP contribution is -1.67. The second kappa shape index (κ2) is 6.26. The number of para-hydroxylation sites is 2. The maximum absolute atomic E-state index is 8.94. The Morgan fingerprint density at radius 3 is 1.50 bits per heavy atom. The van der Waals surface area contributed by atoms with Crippen molar-refractivity contribution in [2.45, 2.75) is 0 Å². The SMILES string of the molecule is Oc1c(Cl)cccc1Cl.Oc1ccccc1. The molecule has 0 aliphatic rings. The summed E-state index contributed by atoms with van der Waals surface area (Å²) >= 11 is 11.0. The second-order valence-corrected chi connectivity index (χ2v) is 3.72. The molecule has 4 heteroatoms. The highest BCUT2D eigenvalue weighted by atomic mass is 35.5. The van der Waals surface area contributed by atoms with Crippen LogP contribution in [0.4, 0.5) is 0 Å². The van der Waals surface area contributed by atoms with E-state index in [0.29, 0.717) is 5.75 Å². The molecule has 0 aliphatic carbocycles. The molecule has 0 unspecified atom stereocenters. The third kappa shape index (κ3) is 4.01. The molecule has 0 atom stereocenters. The maximum atomic E-state index is 8.94. The normalized spacial score (nSPS) is 9.12. The van der Waals surface area contributed by atoms with Crippen LogP contribution in [0.2, 0.25) is 10.0 Å². The van der Waals surface area contributed by atoms with Crippen LogP contribution in [0.25, 0.3) is 0 Å². The topological polar surface area (TPSA) is 40.5 Å². The van der Waals surface area contributed by atoms with E-state index >= 15 is 0 Å². The molecule has 0 fully saturated rings. The first-order valence-corrected chi connectivity index (χ1v) is 5.24. The van der Waals surface area contributed by atoms with Crippen molar-refractivity contribution in [3.8, 4) is 11.5 Å². The van der Waals surface area contributed by atoms with Crippen LogP contribution in [0.3, 0.4) is 0 Å². The van der Waals surface area contributed by atoms with Gasteiger partial charge in [0.2, 0.25) is 0 Å². The van der Waals surface area contributed by atoms with E-state index in [1.165, 1.54) is 0 Å². The summed E-state index contributed by atoms with van der Waals surface area (Å²) < 4.78 is 0. The van der Waals surface area contributed by atoms with Gasteiger partial charge in [0.1, 0.15) is 5.75 Å². The van der Waals surface area contributed by atoms with Crippen LogP contribution in [0.15, 0.2) is 48.5 Å². The van der Waals surface area contributed by atoms with Gasteiger partial charge in [-0.3, -0.25) is 0 Å². The Bertz CT molecular complexity index is 424. The van der Waals surface area contributed by atoms with Crippen LogP contribution in [0, 0.1) is 0 Å². The predicted octanol–water partition coefficient (Wildman–Crippen LogP) is 4.09. The molecule has 2 rings (SSSR count). The van der Waals surface area contributed by atoms with Gasteiger partial charge in [0.05, 0.1) is 10.0 Å². The molecule has 0 radical (unpaired) electrons. The van der Waals surface area contributed by atoms with Crippen molar-refractivity contribution >= 4 is 23.2 Å². The van der Waals surface area contributed by atoms with E-state index in [4.69, 9.17) is 33.4 Å². The van der Waals surface area contributed by atoms with Gasteiger partial charge in [0.15, 0.2) is 5.75 Å². The number of hydrogen-bond acceptors (Lipinski definition) is 2. The Kier molecular flexibility index (Phi) is 4.96. The highest BCUT2D eigenvalue weighted by molar-refractivity contribution is 6.37. The Balaban J connectivity index is 0.000000165. The Morgan fingerprint density at radius 1 is 0.688 bits per heavy atom. The average molecular weight is 257 g/mol. The molecule has 0 saturated heterocycles. The van der Waals surface area contributed by atoms with E-state index in [2.05, 4.69) is 0 Å². The minimum absolute atomic E-state index is 0.0548. The smallest absolute Gasteiger partial charge is 0.152 e. The number of benzene rings is 2. The third-order valence-corrected chi connectivity index (χ3v) is 2.30. The highest BCUT2D eigenvalue weighted by Crippen LogP contribution is 2.30. The largest absolute Gasteiger partial charge is 0.508 e. The molecule has 0 aromatic heterocycles. The van der Waals surface area contributed by atoms with Gasteiger partial charge >= 0.3 is 0 Å². The van der Waals surface area contributed by atoms with Crippen molar-refractivity contribution in [1.82, 2.24) is 0 Å². The standard InChI is InChI=1S/C6H4Cl2O.C6H6O/c7-4-2-1-3-5(8)6(4)9;7-6-4-2-1-3-5-6/h1-3,9H;1-5,7H. The van der Waals surface area contributed by atoms with Gasteiger partial charge in [-0.1, -0.05) is 47.5 Å². The van der Waals surface area contributed by atoms with Gasteiger partial charge in [-0.25, -0.2) is 0 Å². The fourth-order valence-electron chi connectivity index (χ4n) is 0.917. The van der Waals surface area contributed by atoms with E-state index in [-0.39, 0.29) is 15.8 Å². The Labute approximate surface area is 104 Å². The molecular weight excluding hydrogens is 247 g/mol. The van der Waals surface area contributed by atoms with Crippen LogP contribution in [-0.4, -0.2) is 10.2 Å². The second-order valence-electron chi connectivity index (χ2n) is 2.91. The zero-order chi connectivity index (χ0) is 12.0. The summed E-state index contributed by atoms with van der Waals surface area (Å²) in [6, 6.07) is 13.5. The molecule has 0 aliphatic heterocycles. The van der Waals surface area contributed by atoms with Crippen molar-refractivity contribution in [1.29, 1.82) is 0 Å². The number of phenols is 2. The number of halogens is 2. The zero-order valence-electron chi connectivity index (χ0n) is 8.27. The molecular formula is C12H10Cl2O2. The van der Waals surface area contributed by atoms with Crippen molar-refractivity contribution in [2.75, 3.05) is 0 Å². The lowest BCUT2D eigenvalue weighted by molar-refractivity contribution is 0.475. The quantitative estimate of drug-likeness (QED) is 0.746. The summed E-state index contributed by atoms with van der Waals surface area (Å²) in [5.74, 6) is 0.267. The molecule has 2 N–H and O–H groups in total.